The first kappa shape index (κ1) is 21.1. The summed E-state index contributed by atoms with van der Waals surface area (Å²) in [6.07, 6.45) is 2.76. The summed E-state index contributed by atoms with van der Waals surface area (Å²) in [6, 6.07) is 16.0. The Hall–Kier alpha value is -3.12. The second kappa shape index (κ2) is 8.94. The molecule has 162 valence electrons. The Morgan fingerprint density at radius 2 is 1.94 bits per heavy atom. The molecule has 0 radical (unpaired) electrons. The highest BCUT2D eigenvalue weighted by molar-refractivity contribution is 5.88. The number of piperidine rings is 1. The minimum atomic E-state index is -0.450. The van der Waals surface area contributed by atoms with Crippen LogP contribution in [0.1, 0.15) is 32.3 Å². The largest absolute Gasteiger partial charge is 0.490 e. The molecule has 1 aliphatic rings. The third-order valence-corrected chi connectivity index (χ3v) is 5.71. The number of nitrogens with zero attached hydrogens (tertiary/aromatic N) is 2. The number of hydrogen-bond acceptors (Lipinski definition) is 4. The molecule has 1 fully saturated rings. The predicted molar refractivity (Wildman–Crippen MR) is 122 cm³/mol. The summed E-state index contributed by atoms with van der Waals surface area (Å²) in [7, 11) is 0. The molecule has 2 heterocycles. The number of nitrogens with two attached hydrogens (primary N) is 1. The number of urea groups is 1. The number of amides is 2. The molecule has 2 atom stereocenters. The van der Waals surface area contributed by atoms with Gasteiger partial charge in [0.15, 0.2) is 0 Å². The van der Waals surface area contributed by atoms with E-state index < -0.39 is 6.03 Å². The number of aromatic nitrogens is 1. The number of primary amides is 1. The van der Waals surface area contributed by atoms with Gasteiger partial charge in [-0.15, -0.1) is 0 Å². The molecule has 0 bridgehead atoms. The van der Waals surface area contributed by atoms with Gasteiger partial charge in [0.05, 0.1) is 11.6 Å². The maximum Gasteiger partial charge on any atom is 0.316 e. The molecule has 31 heavy (non-hydrogen) atoms. The molecule has 2 N–H and O–H groups in total. The highest BCUT2D eigenvalue weighted by Gasteiger charge is 2.33. The van der Waals surface area contributed by atoms with Crippen LogP contribution in [0.15, 0.2) is 54.7 Å². The van der Waals surface area contributed by atoms with E-state index in [-0.39, 0.29) is 18.4 Å². The monoisotopic (exact) mass is 419 g/mol. The number of pyridine rings is 1. The molecule has 0 saturated carbocycles. The zero-order valence-corrected chi connectivity index (χ0v) is 18.2. The first-order chi connectivity index (χ1) is 14.9. The van der Waals surface area contributed by atoms with Crippen LogP contribution in [0, 0.1) is 6.92 Å². The van der Waals surface area contributed by atoms with E-state index in [0.717, 1.165) is 34.2 Å². The summed E-state index contributed by atoms with van der Waals surface area (Å²) in [5, 5.41) is 1.14. The van der Waals surface area contributed by atoms with Crippen LogP contribution in [0.4, 0.5) is 4.79 Å². The fraction of sp³-hybridized carbons (Fsp3) is 0.360. The number of benzene rings is 2. The Labute approximate surface area is 183 Å². The normalized spacial score (nSPS) is 19.0. The van der Waals surface area contributed by atoms with Gasteiger partial charge < -0.3 is 15.2 Å². The number of aryl methyl sites for hydroxylation is 1. The van der Waals surface area contributed by atoms with Gasteiger partial charge in [-0.2, -0.15) is 0 Å². The van der Waals surface area contributed by atoms with Gasteiger partial charge in [-0.05, 0) is 55.7 Å². The van der Waals surface area contributed by atoms with Crippen molar-refractivity contribution in [2.45, 2.75) is 52.0 Å². The van der Waals surface area contributed by atoms with Crippen molar-refractivity contribution in [1.29, 1.82) is 0 Å². The highest BCUT2D eigenvalue weighted by Crippen LogP contribution is 2.31. The van der Waals surface area contributed by atoms with E-state index in [1.165, 1.54) is 5.56 Å². The zero-order valence-electron chi connectivity index (χ0n) is 18.2. The summed E-state index contributed by atoms with van der Waals surface area (Å²) >= 11 is 0. The molecule has 1 saturated heterocycles. The van der Waals surface area contributed by atoms with E-state index in [2.05, 4.69) is 42.2 Å². The molecule has 4 rings (SSSR count). The van der Waals surface area contributed by atoms with Crippen LogP contribution < -0.4 is 10.5 Å². The molecule has 2 aromatic carbocycles. The standard InChI is InChI=1S/C25H29N3O3/c1-16(2)30-23-15-21(12-14-28(23)25(26)29)31-20-9-6-18(7-10-20)22-11-8-19-5-4-13-27-24(19)17(22)3/h4-11,13,16,21,23H,12,14-15H2,1-3H3,(H2,26,29). The van der Waals surface area contributed by atoms with Crippen LogP contribution in [0.3, 0.4) is 0 Å². The number of hydrogen-bond donors (Lipinski definition) is 1. The Morgan fingerprint density at radius 1 is 1.16 bits per heavy atom. The summed E-state index contributed by atoms with van der Waals surface area (Å²) in [5.74, 6) is 0.807. The number of carbonyl (C=O) groups is 1. The van der Waals surface area contributed by atoms with Crippen molar-refractivity contribution >= 4 is 16.9 Å². The number of fused-ring (bicyclic) bond motifs is 1. The summed E-state index contributed by atoms with van der Waals surface area (Å²) in [4.78, 5) is 17.8. The Bertz CT molecular complexity index is 1070. The lowest BCUT2D eigenvalue weighted by molar-refractivity contribution is -0.105. The predicted octanol–water partition coefficient (Wildman–Crippen LogP) is 4.88. The van der Waals surface area contributed by atoms with Crippen molar-refractivity contribution in [3.05, 3.63) is 60.3 Å². The summed E-state index contributed by atoms with van der Waals surface area (Å²) in [6.45, 7) is 6.54. The first-order valence-electron chi connectivity index (χ1n) is 10.8. The van der Waals surface area contributed by atoms with E-state index in [9.17, 15) is 4.79 Å². The number of ether oxygens (including phenoxy) is 2. The minimum absolute atomic E-state index is 0.00423. The molecule has 0 aliphatic carbocycles. The molecule has 2 amide bonds. The zero-order chi connectivity index (χ0) is 22.0. The van der Waals surface area contributed by atoms with Crippen molar-refractivity contribution in [2.75, 3.05) is 6.54 Å². The van der Waals surface area contributed by atoms with E-state index >= 15 is 0 Å². The van der Waals surface area contributed by atoms with Gasteiger partial charge in [-0.1, -0.05) is 30.3 Å². The van der Waals surface area contributed by atoms with Crippen LogP contribution in [-0.2, 0) is 4.74 Å². The van der Waals surface area contributed by atoms with Crippen molar-refractivity contribution in [1.82, 2.24) is 9.88 Å². The first-order valence-corrected chi connectivity index (χ1v) is 10.8. The Balaban J connectivity index is 1.48. The molecule has 1 aromatic heterocycles. The second-order valence-electron chi connectivity index (χ2n) is 8.27. The molecular weight excluding hydrogens is 390 g/mol. The number of rotatable bonds is 5. The Kier molecular flexibility index (Phi) is 6.09. The van der Waals surface area contributed by atoms with Crippen molar-refractivity contribution < 1.29 is 14.3 Å². The molecule has 0 spiro atoms. The number of likely N-dealkylation sites (tertiary alicyclic amines) is 1. The van der Waals surface area contributed by atoms with E-state index in [0.29, 0.717) is 13.0 Å². The van der Waals surface area contributed by atoms with Crippen LogP contribution >= 0.6 is 0 Å². The van der Waals surface area contributed by atoms with Gasteiger partial charge in [0.1, 0.15) is 18.1 Å². The van der Waals surface area contributed by atoms with Gasteiger partial charge in [0.2, 0.25) is 0 Å². The molecule has 6 heteroatoms. The summed E-state index contributed by atoms with van der Waals surface area (Å²) in [5.41, 5.74) is 9.99. The molecule has 2 unspecified atom stereocenters. The molecule has 1 aliphatic heterocycles. The van der Waals surface area contributed by atoms with E-state index in [1.807, 2.05) is 38.2 Å². The van der Waals surface area contributed by atoms with Crippen LogP contribution in [-0.4, -0.2) is 40.9 Å². The molecule has 6 nitrogen and oxygen atoms in total. The van der Waals surface area contributed by atoms with E-state index in [4.69, 9.17) is 15.2 Å². The SMILES string of the molecule is Cc1c(-c2ccc(OC3CCN(C(N)=O)C(OC(C)C)C3)cc2)ccc2cccnc12. The lowest BCUT2D eigenvalue weighted by Gasteiger charge is -2.38. The fourth-order valence-corrected chi connectivity index (χ4v) is 4.21. The average molecular weight is 420 g/mol. The topological polar surface area (TPSA) is 77.7 Å². The van der Waals surface area contributed by atoms with Crippen molar-refractivity contribution in [2.24, 2.45) is 5.73 Å². The quantitative estimate of drug-likeness (QED) is 0.639. The molecular formula is C25H29N3O3. The van der Waals surface area contributed by atoms with Crippen LogP contribution in [0.25, 0.3) is 22.0 Å². The Morgan fingerprint density at radius 3 is 2.65 bits per heavy atom. The van der Waals surface area contributed by atoms with Gasteiger partial charge >= 0.3 is 6.03 Å². The van der Waals surface area contributed by atoms with E-state index in [1.54, 1.807) is 4.90 Å². The smallest absolute Gasteiger partial charge is 0.316 e. The highest BCUT2D eigenvalue weighted by atomic mass is 16.5. The van der Waals surface area contributed by atoms with Crippen LogP contribution in [0.5, 0.6) is 5.75 Å². The van der Waals surface area contributed by atoms with Gasteiger partial charge in [-0.3, -0.25) is 9.88 Å². The van der Waals surface area contributed by atoms with Crippen molar-refractivity contribution in [3.8, 4) is 16.9 Å². The molecule has 3 aromatic rings. The lowest BCUT2D eigenvalue weighted by Crippen LogP contribution is -2.52. The fourth-order valence-electron chi connectivity index (χ4n) is 4.21. The second-order valence-corrected chi connectivity index (χ2v) is 8.27. The third kappa shape index (κ3) is 4.64. The average Bonchev–Trinajstić information content (AvgIpc) is 2.74. The number of carbonyl (C=O) groups excluding carboxylic acids is 1. The van der Waals surface area contributed by atoms with Gasteiger partial charge in [0.25, 0.3) is 0 Å². The lowest BCUT2D eigenvalue weighted by atomic mass is 9.98. The maximum absolute atomic E-state index is 11.7. The summed E-state index contributed by atoms with van der Waals surface area (Å²) < 4.78 is 12.1. The van der Waals surface area contributed by atoms with Gasteiger partial charge in [0, 0.05) is 31.0 Å². The van der Waals surface area contributed by atoms with Crippen LogP contribution in [0.2, 0.25) is 0 Å². The van der Waals surface area contributed by atoms with Gasteiger partial charge in [-0.25, -0.2) is 4.79 Å². The minimum Gasteiger partial charge on any atom is -0.490 e. The maximum atomic E-state index is 11.7. The van der Waals surface area contributed by atoms with Crippen molar-refractivity contribution in [3.63, 3.8) is 0 Å². The third-order valence-electron chi connectivity index (χ3n) is 5.71.